The number of phenols is 1. The van der Waals surface area contributed by atoms with Crippen molar-refractivity contribution in [2.75, 3.05) is 11.5 Å². The first-order valence-electron chi connectivity index (χ1n) is 10.8. The van der Waals surface area contributed by atoms with E-state index >= 15 is 0 Å². The Morgan fingerprint density at radius 3 is 2.39 bits per heavy atom. The summed E-state index contributed by atoms with van der Waals surface area (Å²) >= 11 is 2.06. The Morgan fingerprint density at radius 2 is 1.72 bits per heavy atom. The molecule has 0 radical (unpaired) electrons. The Hall–Kier alpha value is -3.93. The average molecular weight is 602 g/mol. The molecule has 8 nitrogen and oxygen atoms in total. The maximum absolute atomic E-state index is 13.2. The van der Waals surface area contributed by atoms with Crippen LogP contribution in [0.2, 0.25) is 0 Å². The lowest BCUT2D eigenvalue weighted by molar-refractivity contribution is -0.122. The molecule has 1 aliphatic rings. The second-order valence-corrected chi connectivity index (χ2v) is 8.81. The maximum Gasteiger partial charge on any atom is 0.335 e. The lowest BCUT2D eigenvalue weighted by Crippen LogP contribution is -2.54. The zero-order chi connectivity index (χ0) is 25.8. The Balaban J connectivity index is 1.65. The Morgan fingerprint density at radius 1 is 1.03 bits per heavy atom. The number of aromatic hydroxyl groups is 1. The minimum Gasteiger partial charge on any atom is -0.508 e. The number of imide groups is 2. The van der Waals surface area contributed by atoms with Gasteiger partial charge >= 0.3 is 6.03 Å². The fraction of sp³-hybridized carbons (Fsp3) is 0.115. The number of nitrogens with one attached hydrogen (secondary N) is 1. The van der Waals surface area contributed by atoms with Crippen LogP contribution in [0.5, 0.6) is 17.2 Å². The van der Waals surface area contributed by atoms with Crippen molar-refractivity contribution in [1.82, 2.24) is 5.32 Å². The normalized spacial score (nSPS) is 14.7. The van der Waals surface area contributed by atoms with E-state index in [9.17, 15) is 23.9 Å². The predicted molar refractivity (Wildman–Crippen MR) is 138 cm³/mol. The van der Waals surface area contributed by atoms with Crippen LogP contribution in [-0.2, 0) is 16.2 Å². The number of benzene rings is 3. The zero-order valence-electron chi connectivity index (χ0n) is 19.0. The highest BCUT2D eigenvalue weighted by Gasteiger charge is 2.36. The first-order chi connectivity index (χ1) is 17.3. The molecule has 0 bridgehead atoms. The number of nitrogens with zero attached hydrogens (tertiary/aromatic N) is 1. The Kier molecular flexibility index (Phi) is 7.53. The van der Waals surface area contributed by atoms with Crippen molar-refractivity contribution in [3.05, 3.63) is 86.8 Å². The topological polar surface area (TPSA) is 105 Å². The first-order valence-corrected chi connectivity index (χ1v) is 11.9. The molecule has 0 unspecified atom stereocenters. The van der Waals surface area contributed by atoms with Crippen molar-refractivity contribution >= 4 is 52.2 Å². The van der Waals surface area contributed by atoms with Gasteiger partial charge in [-0.05, 0) is 95.2 Å². The van der Waals surface area contributed by atoms with Gasteiger partial charge in [0.1, 0.15) is 23.7 Å². The van der Waals surface area contributed by atoms with Gasteiger partial charge in [0.05, 0.1) is 15.9 Å². The molecular formula is C26H20FIN2O6. The number of urea groups is 1. The minimum atomic E-state index is -0.887. The van der Waals surface area contributed by atoms with Crippen molar-refractivity contribution in [3.63, 3.8) is 0 Å². The van der Waals surface area contributed by atoms with E-state index in [0.717, 1.165) is 10.5 Å². The fourth-order valence-electron chi connectivity index (χ4n) is 3.47. The van der Waals surface area contributed by atoms with E-state index in [0.29, 0.717) is 27.2 Å². The summed E-state index contributed by atoms with van der Waals surface area (Å²) in [5, 5.41) is 11.7. The van der Waals surface area contributed by atoms with E-state index in [4.69, 9.17) is 9.47 Å². The summed E-state index contributed by atoms with van der Waals surface area (Å²) in [5.41, 5.74) is 1.20. The van der Waals surface area contributed by atoms with Crippen LogP contribution in [0, 0.1) is 9.39 Å². The third kappa shape index (κ3) is 5.48. The van der Waals surface area contributed by atoms with Crippen LogP contribution in [0.4, 0.5) is 14.9 Å². The molecule has 0 spiro atoms. The van der Waals surface area contributed by atoms with Gasteiger partial charge in [-0.1, -0.05) is 12.1 Å². The summed E-state index contributed by atoms with van der Waals surface area (Å²) in [7, 11) is 0. The van der Waals surface area contributed by atoms with E-state index in [1.165, 1.54) is 42.5 Å². The van der Waals surface area contributed by atoms with Gasteiger partial charge in [0.2, 0.25) is 0 Å². The largest absolute Gasteiger partial charge is 0.508 e. The third-order valence-electron chi connectivity index (χ3n) is 5.15. The van der Waals surface area contributed by atoms with Crippen molar-refractivity contribution in [2.45, 2.75) is 13.5 Å². The molecule has 4 amide bonds. The summed E-state index contributed by atoms with van der Waals surface area (Å²) in [6.45, 7) is 2.33. The number of anilines is 1. The van der Waals surface area contributed by atoms with Crippen molar-refractivity contribution < 1.29 is 33.4 Å². The number of hydrogen-bond acceptors (Lipinski definition) is 6. The van der Waals surface area contributed by atoms with E-state index < -0.39 is 17.8 Å². The van der Waals surface area contributed by atoms with Crippen LogP contribution in [0.25, 0.3) is 6.08 Å². The molecule has 0 aliphatic carbocycles. The van der Waals surface area contributed by atoms with E-state index in [-0.39, 0.29) is 29.4 Å². The van der Waals surface area contributed by atoms with Gasteiger partial charge in [-0.25, -0.2) is 14.1 Å². The number of hydrogen-bond donors (Lipinski definition) is 2. The molecule has 1 heterocycles. The predicted octanol–water partition coefficient (Wildman–Crippen LogP) is 4.78. The lowest BCUT2D eigenvalue weighted by atomic mass is 10.1. The van der Waals surface area contributed by atoms with Crippen molar-refractivity contribution in [1.29, 1.82) is 0 Å². The number of phenolic OH excluding ortho intramolecular Hbond substituents is 1. The van der Waals surface area contributed by atoms with E-state index in [2.05, 4.69) is 27.9 Å². The van der Waals surface area contributed by atoms with Crippen LogP contribution in [0.3, 0.4) is 0 Å². The van der Waals surface area contributed by atoms with Gasteiger partial charge in [-0.3, -0.25) is 14.9 Å². The van der Waals surface area contributed by atoms with Gasteiger partial charge in [-0.15, -0.1) is 0 Å². The molecule has 0 saturated carbocycles. The maximum atomic E-state index is 13.2. The standard InChI is InChI=1S/C26H20FIN2O6/c1-2-35-22-13-16(12-21(28)23(22)36-14-15-3-5-17(27)6-4-15)11-20-24(32)29-26(34)30(25(20)33)18-7-9-19(31)10-8-18/h3-13,31H,2,14H2,1H3,(H,29,32,34)/b20-11+. The molecule has 3 aromatic carbocycles. The highest BCUT2D eigenvalue weighted by molar-refractivity contribution is 14.1. The number of carbonyl (C=O) groups excluding carboxylic acids is 3. The summed E-state index contributed by atoms with van der Waals surface area (Å²) in [5.74, 6) is -1.15. The Bertz CT molecular complexity index is 1360. The molecule has 0 aromatic heterocycles. The van der Waals surface area contributed by atoms with Gasteiger partial charge in [0, 0.05) is 0 Å². The molecule has 1 fully saturated rings. The second kappa shape index (κ2) is 10.8. The molecular weight excluding hydrogens is 582 g/mol. The number of ether oxygens (including phenoxy) is 2. The summed E-state index contributed by atoms with van der Waals surface area (Å²) in [6, 6.07) is 13.8. The van der Waals surface area contributed by atoms with Crippen LogP contribution in [0.1, 0.15) is 18.1 Å². The number of amides is 4. The van der Waals surface area contributed by atoms with Crippen LogP contribution >= 0.6 is 22.6 Å². The number of barbiturate groups is 1. The Labute approximate surface area is 219 Å². The van der Waals surface area contributed by atoms with Gasteiger partial charge in [-0.2, -0.15) is 0 Å². The molecule has 1 saturated heterocycles. The summed E-state index contributed by atoms with van der Waals surface area (Å²) in [6.07, 6.45) is 1.37. The highest BCUT2D eigenvalue weighted by Crippen LogP contribution is 2.36. The molecule has 36 heavy (non-hydrogen) atoms. The molecule has 10 heteroatoms. The quantitative estimate of drug-likeness (QED) is 0.229. The fourth-order valence-corrected chi connectivity index (χ4v) is 4.25. The average Bonchev–Trinajstić information content (AvgIpc) is 2.83. The molecule has 184 valence electrons. The van der Waals surface area contributed by atoms with Crippen LogP contribution < -0.4 is 19.7 Å². The highest BCUT2D eigenvalue weighted by atomic mass is 127. The molecule has 2 N–H and O–H groups in total. The number of rotatable bonds is 7. The van der Waals surface area contributed by atoms with Crippen molar-refractivity contribution in [2.24, 2.45) is 0 Å². The monoisotopic (exact) mass is 602 g/mol. The van der Waals surface area contributed by atoms with Gasteiger partial charge in [0.15, 0.2) is 11.5 Å². The van der Waals surface area contributed by atoms with Crippen LogP contribution in [0.15, 0.2) is 66.2 Å². The van der Waals surface area contributed by atoms with E-state index in [1.54, 1.807) is 31.2 Å². The van der Waals surface area contributed by atoms with Crippen molar-refractivity contribution in [3.8, 4) is 17.2 Å². The smallest absolute Gasteiger partial charge is 0.335 e. The minimum absolute atomic E-state index is 0.0322. The summed E-state index contributed by atoms with van der Waals surface area (Å²) in [4.78, 5) is 38.8. The third-order valence-corrected chi connectivity index (χ3v) is 5.95. The lowest BCUT2D eigenvalue weighted by Gasteiger charge is -2.26. The SMILES string of the molecule is CCOc1cc(/C=C2\C(=O)NC(=O)N(c3ccc(O)cc3)C2=O)cc(I)c1OCc1ccc(F)cc1. The van der Waals surface area contributed by atoms with Crippen LogP contribution in [-0.4, -0.2) is 29.6 Å². The van der Waals surface area contributed by atoms with Gasteiger partial charge in [0.25, 0.3) is 11.8 Å². The summed E-state index contributed by atoms with van der Waals surface area (Å²) < 4.78 is 25.5. The molecule has 1 aliphatic heterocycles. The molecule has 4 rings (SSSR count). The number of carbonyl (C=O) groups is 3. The molecule has 0 atom stereocenters. The van der Waals surface area contributed by atoms with Gasteiger partial charge < -0.3 is 14.6 Å². The molecule has 3 aromatic rings. The second-order valence-electron chi connectivity index (χ2n) is 7.65. The zero-order valence-corrected chi connectivity index (χ0v) is 21.1. The number of halogens is 2. The first kappa shape index (κ1) is 25.2. The van der Waals surface area contributed by atoms with E-state index in [1.807, 2.05) is 0 Å².